The van der Waals surface area contributed by atoms with E-state index < -0.39 is 0 Å². The molecule has 1 aromatic rings. The number of benzene rings is 1. The normalized spacial score (nSPS) is 21.6. The van der Waals surface area contributed by atoms with Gasteiger partial charge in [-0.1, -0.05) is 19.9 Å². The Labute approximate surface area is 121 Å². The minimum Gasteiger partial charge on any atom is -0.497 e. The number of ether oxygens (including phenoxy) is 1. The molecule has 3 heteroatoms. The van der Waals surface area contributed by atoms with Gasteiger partial charge in [0, 0.05) is 37.7 Å². The number of methoxy groups -OCH3 is 1. The van der Waals surface area contributed by atoms with Gasteiger partial charge in [0.15, 0.2) is 0 Å². The highest BCUT2D eigenvalue weighted by molar-refractivity contribution is 5.82. The van der Waals surface area contributed by atoms with Crippen LogP contribution in [0.5, 0.6) is 5.75 Å². The van der Waals surface area contributed by atoms with E-state index in [1.807, 2.05) is 25.2 Å². The molecule has 0 bridgehead atoms. The molecule has 3 nitrogen and oxygen atoms in total. The van der Waals surface area contributed by atoms with E-state index >= 15 is 0 Å². The third-order valence-corrected chi connectivity index (χ3v) is 4.29. The number of carbonyl (C=O) groups excluding carboxylic acids is 1. The van der Waals surface area contributed by atoms with Crippen LogP contribution in [0.15, 0.2) is 24.3 Å². The van der Waals surface area contributed by atoms with Crippen molar-refractivity contribution in [1.82, 2.24) is 0 Å². The van der Waals surface area contributed by atoms with Gasteiger partial charge in [-0.2, -0.15) is 0 Å². The smallest absolute Gasteiger partial charge is 0.137 e. The Morgan fingerprint density at radius 3 is 2.85 bits per heavy atom. The molecule has 0 aliphatic heterocycles. The SMILES string of the molecule is COc1cccc(N(C)CC2CC(C)(C)CCC2=O)c1. The van der Waals surface area contributed by atoms with Crippen molar-refractivity contribution in [2.75, 3.05) is 25.6 Å². The Balaban J connectivity index is 2.06. The van der Waals surface area contributed by atoms with E-state index in [1.165, 1.54) is 0 Å². The van der Waals surface area contributed by atoms with Crippen LogP contribution in [0.2, 0.25) is 0 Å². The molecule has 0 N–H and O–H groups in total. The van der Waals surface area contributed by atoms with Crippen LogP contribution in [-0.4, -0.2) is 26.5 Å². The summed E-state index contributed by atoms with van der Waals surface area (Å²) in [5.41, 5.74) is 1.38. The molecule has 1 unspecified atom stereocenters. The molecule has 20 heavy (non-hydrogen) atoms. The summed E-state index contributed by atoms with van der Waals surface area (Å²) >= 11 is 0. The zero-order chi connectivity index (χ0) is 14.8. The van der Waals surface area contributed by atoms with E-state index in [0.717, 1.165) is 37.2 Å². The van der Waals surface area contributed by atoms with E-state index in [-0.39, 0.29) is 11.3 Å². The number of rotatable bonds is 4. The summed E-state index contributed by atoms with van der Waals surface area (Å²) in [7, 11) is 3.72. The number of nitrogens with zero attached hydrogens (tertiary/aromatic N) is 1. The molecule has 2 rings (SSSR count). The van der Waals surface area contributed by atoms with Gasteiger partial charge in [0.2, 0.25) is 0 Å². The van der Waals surface area contributed by atoms with Gasteiger partial charge in [0.05, 0.1) is 7.11 Å². The summed E-state index contributed by atoms with van der Waals surface area (Å²) in [6.45, 7) is 5.31. The van der Waals surface area contributed by atoms with Crippen molar-refractivity contribution in [3.05, 3.63) is 24.3 Å². The first kappa shape index (κ1) is 14.9. The zero-order valence-electron chi connectivity index (χ0n) is 13.0. The number of hydrogen-bond donors (Lipinski definition) is 0. The Hall–Kier alpha value is -1.51. The Morgan fingerprint density at radius 2 is 2.15 bits per heavy atom. The lowest BCUT2D eigenvalue weighted by molar-refractivity contribution is -0.126. The van der Waals surface area contributed by atoms with Crippen molar-refractivity contribution in [1.29, 1.82) is 0 Å². The van der Waals surface area contributed by atoms with Gasteiger partial charge >= 0.3 is 0 Å². The van der Waals surface area contributed by atoms with E-state index in [0.29, 0.717) is 5.78 Å². The fourth-order valence-electron chi connectivity index (χ4n) is 3.00. The first-order chi connectivity index (χ1) is 9.41. The monoisotopic (exact) mass is 275 g/mol. The second kappa shape index (κ2) is 5.86. The summed E-state index contributed by atoms with van der Waals surface area (Å²) in [5.74, 6) is 1.42. The van der Waals surface area contributed by atoms with E-state index in [9.17, 15) is 4.79 Å². The van der Waals surface area contributed by atoms with Crippen LogP contribution in [0.3, 0.4) is 0 Å². The number of anilines is 1. The van der Waals surface area contributed by atoms with Gasteiger partial charge in [0.1, 0.15) is 11.5 Å². The lowest BCUT2D eigenvalue weighted by Crippen LogP contribution is -2.37. The van der Waals surface area contributed by atoms with Crippen LogP contribution in [0, 0.1) is 11.3 Å². The number of hydrogen-bond acceptors (Lipinski definition) is 3. The molecule has 1 saturated carbocycles. The van der Waals surface area contributed by atoms with Gasteiger partial charge in [0.25, 0.3) is 0 Å². The zero-order valence-corrected chi connectivity index (χ0v) is 13.0. The maximum Gasteiger partial charge on any atom is 0.137 e. The lowest BCUT2D eigenvalue weighted by atomic mass is 9.71. The highest BCUT2D eigenvalue weighted by atomic mass is 16.5. The average Bonchev–Trinajstić information content (AvgIpc) is 2.42. The largest absolute Gasteiger partial charge is 0.497 e. The Kier molecular flexibility index (Phi) is 4.36. The van der Waals surface area contributed by atoms with Gasteiger partial charge in [-0.25, -0.2) is 0 Å². The average molecular weight is 275 g/mol. The van der Waals surface area contributed by atoms with Gasteiger partial charge in [-0.3, -0.25) is 4.79 Å². The molecule has 0 saturated heterocycles. The third kappa shape index (κ3) is 3.53. The fraction of sp³-hybridized carbons (Fsp3) is 0.588. The first-order valence-electron chi connectivity index (χ1n) is 7.29. The lowest BCUT2D eigenvalue weighted by Gasteiger charge is -2.36. The van der Waals surface area contributed by atoms with E-state index in [4.69, 9.17) is 4.74 Å². The molecule has 1 aliphatic carbocycles. The van der Waals surface area contributed by atoms with Crippen molar-refractivity contribution in [3.63, 3.8) is 0 Å². The second-order valence-corrected chi connectivity index (χ2v) is 6.61. The Bertz CT molecular complexity index is 482. The minimum atomic E-state index is 0.148. The standard InChI is InChI=1S/C17H25NO2/c1-17(2)9-8-16(19)13(11-17)12-18(3)14-6-5-7-15(10-14)20-4/h5-7,10,13H,8-9,11-12H2,1-4H3. The first-order valence-corrected chi connectivity index (χ1v) is 7.29. The molecule has 0 aromatic heterocycles. The highest BCUT2D eigenvalue weighted by Crippen LogP contribution is 2.37. The van der Waals surface area contributed by atoms with Crippen LogP contribution >= 0.6 is 0 Å². The quantitative estimate of drug-likeness (QED) is 0.842. The molecule has 110 valence electrons. The summed E-state index contributed by atoms with van der Waals surface area (Å²) in [4.78, 5) is 14.3. The van der Waals surface area contributed by atoms with Crippen LogP contribution in [0.1, 0.15) is 33.1 Å². The third-order valence-electron chi connectivity index (χ3n) is 4.29. The fourth-order valence-corrected chi connectivity index (χ4v) is 3.00. The maximum atomic E-state index is 12.1. The summed E-state index contributed by atoms with van der Waals surface area (Å²) in [6, 6.07) is 7.99. The molecule has 1 aromatic carbocycles. The van der Waals surface area contributed by atoms with Crippen molar-refractivity contribution in [2.24, 2.45) is 11.3 Å². The minimum absolute atomic E-state index is 0.148. The highest BCUT2D eigenvalue weighted by Gasteiger charge is 2.34. The van der Waals surface area contributed by atoms with E-state index in [1.54, 1.807) is 7.11 Å². The molecule has 0 amide bonds. The van der Waals surface area contributed by atoms with Gasteiger partial charge < -0.3 is 9.64 Å². The Morgan fingerprint density at radius 1 is 1.40 bits per heavy atom. The second-order valence-electron chi connectivity index (χ2n) is 6.61. The maximum absolute atomic E-state index is 12.1. The predicted molar refractivity (Wildman–Crippen MR) is 82.4 cm³/mol. The van der Waals surface area contributed by atoms with Crippen LogP contribution in [0.4, 0.5) is 5.69 Å². The number of carbonyl (C=O) groups is 1. The van der Waals surface area contributed by atoms with Crippen molar-refractivity contribution >= 4 is 11.5 Å². The summed E-state index contributed by atoms with van der Waals surface area (Å²) in [6.07, 6.45) is 2.73. The van der Waals surface area contributed by atoms with Crippen molar-refractivity contribution in [3.8, 4) is 5.75 Å². The number of ketones is 1. The van der Waals surface area contributed by atoms with Crippen LogP contribution < -0.4 is 9.64 Å². The molecular formula is C17H25NO2. The molecule has 1 fully saturated rings. The van der Waals surface area contributed by atoms with Gasteiger partial charge in [-0.15, -0.1) is 0 Å². The molecule has 0 spiro atoms. The molecule has 1 atom stereocenters. The molecule has 0 heterocycles. The predicted octanol–water partition coefficient (Wildman–Crippen LogP) is 3.53. The topological polar surface area (TPSA) is 29.5 Å². The molecule has 1 aliphatic rings. The van der Waals surface area contributed by atoms with Crippen LogP contribution in [0.25, 0.3) is 0 Å². The van der Waals surface area contributed by atoms with Crippen LogP contribution in [-0.2, 0) is 4.79 Å². The van der Waals surface area contributed by atoms with Gasteiger partial charge in [-0.05, 0) is 30.4 Å². The molecule has 0 radical (unpaired) electrons. The van der Waals surface area contributed by atoms with E-state index in [2.05, 4.69) is 24.8 Å². The summed E-state index contributed by atoms with van der Waals surface area (Å²) in [5, 5.41) is 0. The van der Waals surface area contributed by atoms with Crippen molar-refractivity contribution in [2.45, 2.75) is 33.1 Å². The molecular weight excluding hydrogens is 250 g/mol. The number of Topliss-reactive ketones (excluding diaryl/α,β-unsaturated/α-hetero) is 1. The summed E-state index contributed by atoms with van der Waals surface area (Å²) < 4.78 is 5.26. The van der Waals surface area contributed by atoms with Crippen molar-refractivity contribution < 1.29 is 9.53 Å².